The van der Waals surface area contributed by atoms with Gasteiger partial charge in [-0.25, -0.2) is 0 Å². The normalized spacial score (nSPS) is 31.6. The highest BCUT2D eigenvalue weighted by Gasteiger charge is 2.27. The molecule has 0 N–H and O–H groups in total. The van der Waals surface area contributed by atoms with Gasteiger partial charge in [0.2, 0.25) is 0 Å². The first-order valence-electron chi connectivity index (χ1n) is 4.26. The first kappa shape index (κ1) is 9.01. The molecule has 1 fully saturated rings. The predicted molar refractivity (Wildman–Crippen MR) is 43.0 cm³/mol. The van der Waals surface area contributed by atoms with E-state index < -0.39 is 0 Å². The van der Waals surface area contributed by atoms with Crippen molar-refractivity contribution in [2.75, 3.05) is 6.61 Å². The minimum absolute atomic E-state index is 0.00370. The molecular weight excluding hydrogens is 140 g/mol. The van der Waals surface area contributed by atoms with Crippen molar-refractivity contribution in [1.29, 1.82) is 0 Å². The van der Waals surface area contributed by atoms with Crippen LogP contribution in [0.5, 0.6) is 0 Å². The molecule has 1 aliphatic heterocycles. The monoisotopic (exact) mass is 156 g/mol. The van der Waals surface area contributed by atoms with Gasteiger partial charge < -0.3 is 9.47 Å². The predicted octanol–water partition coefficient (Wildman–Crippen LogP) is 1.88. The summed E-state index contributed by atoms with van der Waals surface area (Å²) in [6.07, 6.45) is 2.17. The zero-order chi connectivity index (χ0) is 8.27. The van der Waals surface area contributed by atoms with Gasteiger partial charge in [-0.1, -0.05) is 20.3 Å². The molecule has 64 valence electrons. The van der Waals surface area contributed by atoms with Crippen LogP contribution in [-0.2, 0) is 9.47 Å². The first-order valence-corrected chi connectivity index (χ1v) is 4.26. The molecule has 0 aromatic carbocycles. The Kier molecular flexibility index (Phi) is 3.34. The Labute approximate surface area is 68.9 Å². The van der Waals surface area contributed by atoms with Crippen molar-refractivity contribution < 1.29 is 9.47 Å². The van der Waals surface area contributed by atoms with Crippen LogP contribution < -0.4 is 0 Å². The van der Waals surface area contributed by atoms with Crippen molar-refractivity contribution in [2.24, 2.45) is 5.92 Å². The second-order valence-corrected chi connectivity index (χ2v) is 3.09. The highest BCUT2D eigenvalue weighted by Crippen LogP contribution is 2.20. The number of hydrogen-bond acceptors (Lipinski definition) is 2. The first-order chi connectivity index (χ1) is 5.24. The Bertz CT molecular complexity index is 112. The molecule has 3 atom stereocenters. The molecule has 1 saturated heterocycles. The van der Waals surface area contributed by atoms with E-state index in [1.54, 1.807) is 0 Å². The largest absolute Gasteiger partial charge is 0.350 e. The summed E-state index contributed by atoms with van der Waals surface area (Å²) in [5, 5.41) is 0. The van der Waals surface area contributed by atoms with Crippen molar-refractivity contribution in [3.63, 3.8) is 0 Å². The molecule has 2 radical (unpaired) electrons. The molecule has 0 aliphatic carbocycles. The second-order valence-electron chi connectivity index (χ2n) is 3.09. The molecule has 3 unspecified atom stereocenters. The van der Waals surface area contributed by atoms with Crippen LogP contribution in [0.3, 0.4) is 0 Å². The van der Waals surface area contributed by atoms with Gasteiger partial charge >= 0.3 is 0 Å². The van der Waals surface area contributed by atoms with E-state index in [1.165, 1.54) is 0 Å². The van der Waals surface area contributed by atoms with Crippen LogP contribution in [-0.4, -0.2) is 19.0 Å². The van der Waals surface area contributed by atoms with Gasteiger partial charge in [-0.2, -0.15) is 0 Å². The Morgan fingerprint density at radius 1 is 1.64 bits per heavy atom. The lowest BCUT2D eigenvalue weighted by atomic mass is 10.1. The second kappa shape index (κ2) is 4.07. The fourth-order valence-corrected chi connectivity index (χ4v) is 1.14. The average molecular weight is 156 g/mol. The molecule has 0 amide bonds. The minimum atomic E-state index is -0.00370. The standard InChI is InChI=1S/C9H16O2/c1-4-5-9-10-6-8(11-9)7(2)3/h2,7-9H,4-6H2,1,3H3. The molecule has 1 heterocycles. The van der Waals surface area contributed by atoms with Gasteiger partial charge in [-0.15, -0.1) is 0 Å². The molecule has 1 rings (SSSR count). The topological polar surface area (TPSA) is 18.5 Å². The van der Waals surface area contributed by atoms with Crippen LogP contribution in [0, 0.1) is 12.8 Å². The van der Waals surface area contributed by atoms with Crippen molar-refractivity contribution in [3.8, 4) is 0 Å². The number of rotatable bonds is 3. The van der Waals surface area contributed by atoms with Crippen molar-refractivity contribution in [1.82, 2.24) is 0 Å². The maximum absolute atomic E-state index is 5.65. The van der Waals surface area contributed by atoms with Crippen LogP contribution in [0.4, 0.5) is 0 Å². The summed E-state index contributed by atoms with van der Waals surface area (Å²) in [7, 11) is 0. The molecule has 0 saturated carbocycles. The van der Waals surface area contributed by atoms with Gasteiger partial charge in [0.25, 0.3) is 0 Å². The van der Waals surface area contributed by atoms with Gasteiger partial charge in [0.15, 0.2) is 6.29 Å². The van der Waals surface area contributed by atoms with Gasteiger partial charge in [-0.05, 0) is 19.3 Å². The van der Waals surface area contributed by atoms with Gasteiger partial charge in [-0.3, -0.25) is 0 Å². The summed E-state index contributed by atoms with van der Waals surface area (Å²) in [4.78, 5) is 0. The summed E-state index contributed by atoms with van der Waals surface area (Å²) < 4.78 is 10.9. The Morgan fingerprint density at radius 2 is 2.36 bits per heavy atom. The molecule has 1 aliphatic rings. The number of hydrogen-bond donors (Lipinski definition) is 0. The van der Waals surface area contributed by atoms with E-state index >= 15 is 0 Å². The Balaban J connectivity index is 2.23. The quantitative estimate of drug-likeness (QED) is 0.621. The van der Waals surface area contributed by atoms with E-state index in [4.69, 9.17) is 16.4 Å². The summed E-state index contributed by atoms with van der Waals surface area (Å²) >= 11 is 0. The highest BCUT2D eigenvalue weighted by atomic mass is 16.7. The molecule has 0 aromatic rings. The van der Waals surface area contributed by atoms with Crippen LogP contribution in [0.25, 0.3) is 0 Å². The van der Waals surface area contributed by atoms with Gasteiger partial charge in [0.05, 0.1) is 12.7 Å². The number of ether oxygens (including phenoxy) is 2. The van der Waals surface area contributed by atoms with Crippen LogP contribution in [0.1, 0.15) is 26.7 Å². The lowest BCUT2D eigenvalue weighted by Gasteiger charge is -2.12. The van der Waals surface area contributed by atoms with E-state index in [2.05, 4.69) is 6.92 Å². The fraction of sp³-hybridized carbons (Fsp3) is 0.889. The molecule has 0 spiro atoms. The summed E-state index contributed by atoms with van der Waals surface area (Å²) in [5.41, 5.74) is 0. The summed E-state index contributed by atoms with van der Waals surface area (Å²) in [6.45, 7) is 10.4. The van der Waals surface area contributed by atoms with Gasteiger partial charge in [0, 0.05) is 0 Å². The molecule has 2 heteroatoms. The molecule has 11 heavy (non-hydrogen) atoms. The summed E-state index contributed by atoms with van der Waals surface area (Å²) in [5.74, 6) is 0.0804. The fourth-order valence-electron chi connectivity index (χ4n) is 1.14. The zero-order valence-electron chi connectivity index (χ0n) is 7.25. The minimum Gasteiger partial charge on any atom is -0.350 e. The van der Waals surface area contributed by atoms with Crippen molar-refractivity contribution in [3.05, 3.63) is 6.92 Å². The SMILES string of the molecule is [CH]C(C)C1COC(CCC)O1. The maximum atomic E-state index is 5.65. The zero-order valence-corrected chi connectivity index (χ0v) is 7.25. The summed E-state index contributed by atoms with van der Waals surface area (Å²) in [6, 6.07) is 0. The third-order valence-corrected chi connectivity index (χ3v) is 1.88. The van der Waals surface area contributed by atoms with E-state index in [-0.39, 0.29) is 18.3 Å². The molecular formula is C9H16O2. The Hall–Kier alpha value is -0.0800. The van der Waals surface area contributed by atoms with Crippen LogP contribution >= 0.6 is 0 Å². The third kappa shape index (κ3) is 2.46. The van der Waals surface area contributed by atoms with Crippen LogP contribution in [0.2, 0.25) is 0 Å². The van der Waals surface area contributed by atoms with Gasteiger partial charge in [0.1, 0.15) is 0 Å². The molecule has 0 aromatic heterocycles. The lowest BCUT2D eigenvalue weighted by Crippen LogP contribution is -2.18. The van der Waals surface area contributed by atoms with E-state index in [0.717, 1.165) is 12.8 Å². The third-order valence-electron chi connectivity index (χ3n) is 1.88. The van der Waals surface area contributed by atoms with Crippen molar-refractivity contribution in [2.45, 2.75) is 39.1 Å². The lowest BCUT2D eigenvalue weighted by molar-refractivity contribution is -0.0671. The molecule has 2 nitrogen and oxygen atoms in total. The Morgan fingerprint density at radius 3 is 2.82 bits per heavy atom. The van der Waals surface area contributed by atoms with E-state index in [9.17, 15) is 0 Å². The smallest absolute Gasteiger partial charge is 0.158 e. The van der Waals surface area contributed by atoms with Crippen LogP contribution in [0.15, 0.2) is 0 Å². The maximum Gasteiger partial charge on any atom is 0.158 e. The van der Waals surface area contributed by atoms with E-state index in [1.807, 2.05) is 6.92 Å². The van der Waals surface area contributed by atoms with Crippen molar-refractivity contribution >= 4 is 0 Å². The van der Waals surface area contributed by atoms with E-state index in [0.29, 0.717) is 6.61 Å². The average Bonchev–Trinajstić information content (AvgIpc) is 2.37. The molecule has 0 bridgehead atoms. The highest BCUT2D eigenvalue weighted by molar-refractivity contribution is 4.72.